The summed E-state index contributed by atoms with van der Waals surface area (Å²) in [6.07, 6.45) is 1.39. The van der Waals surface area contributed by atoms with Gasteiger partial charge in [-0.1, -0.05) is 35.5 Å². The van der Waals surface area contributed by atoms with Gasteiger partial charge in [-0.3, -0.25) is 9.59 Å². The van der Waals surface area contributed by atoms with E-state index < -0.39 is 11.9 Å². The number of carbonyl (C=O) groups excluding carboxylic acids is 1. The summed E-state index contributed by atoms with van der Waals surface area (Å²) >= 11 is 1.54. The maximum atomic E-state index is 12.6. The first kappa shape index (κ1) is 18.4. The number of hydrogen-bond donors (Lipinski definition) is 1. The largest absolute Gasteiger partial charge is 0.481 e. The van der Waals surface area contributed by atoms with Crippen molar-refractivity contribution in [3.05, 3.63) is 58.8 Å². The molecule has 0 radical (unpaired) electrons. The normalized spacial score (nSPS) is 16.0. The summed E-state index contributed by atoms with van der Waals surface area (Å²) in [6.45, 7) is 0.649. The SMILES string of the molecule is O=C(O)C1CN(C(=O)CCCc2nc(-c3cccs3)no2)Cc2ccccc21. The van der Waals surface area contributed by atoms with E-state index in [9.17, 15) is 14.7 Å². The smallest absolute Gasteiger partial charge is 0.312 e. The maximum Gasteiger partial charge on any atom is 0.312 e. The lowest BCUT2D eigenvalue weighted by atomic mass is 9.89. The van der Waals surface area contributed by atoms with Crippen molar-refractivity contribution in [2.45, 2.75) is 31.7 Å². The zero-order valence-electron chi connectivity index (χ0n) is 15.1. The Morgan fingerprint density at radius 2 is 2.11 bits per heavy atom. The third-order valence-electron chi connectivity index (χ3n) is 4.84. The van der Waals surface area contributed by atoms with Crippen LogP contribution in [0, 0.1) is 0 Å². The minimum Gasteiger partial charge on any atom is -0.481 e. The molecule has 0 fully saturated rings. The number of amides is 1. The predicted octanol–water partition coefficient (Wildman–Crippen LogP) is 3.33. The molecule has 0 bridgehead atoms. The van der Waals surface area contributed by atoms with E-state index in [4.69, 9.17) is 4.52 Å². The molecule has 28 heavy (non-hydrogen) atoms. The molecular formula is C20H19N3O4S. The molecule has 144 valence electrons. The summed E-state index contributed by atoms with van der Waals surface area (Å²) in [6, 6.07) is 11.3. The number of aliphatic carboxylic acids is 1. The average Bonchev–Trinajstić information content (AvgIpc) is 3.38. The number of thiophene rings is 1. The second-order valence-corrected chi connectivity index (χ2v) is 7.65. The second kappa shape index (κ2) is 7.93. The fraction of sp³-hybridized carbons (Fsp3) is 0.300. The van der Waals surface area contributed by atoms with Gasteiger partial charge in [-0.05, 0) is 29.0 Å². The van der Waals surface area contributed by atoms with Crippen molar-refractivity contribution >= 4 is 23.2 Å². The van der Waals surface area contributed by atoms with E-state index >= 15 is 0 Å². The van der Waals surface area contributed by atoms with Gasteiger partial charge in [0.25, 0.3) is 0 Å². The molecule has 0 aliphatic carbocycles. The summed E-state index contributed by atoms with van der Waals surface area (Å²) in [5.74, 6) is -0.578. The van der Waals surface area contributed by atoms with Crippen molar-refractivity contribution in [1.82, 2.24) is 15.0 Å². The highest BCUT2D eigenvalue weighted by Gasteiger charge is 2.32. The van der Waals surface area contributed by atoms with Crippen molar-refractivity contribution in [1.29, 1.82) is 0 Å². The Bertz CT molecular complexity index is 983. The number of rotatable bonds is 6. The molecule has 0 spiro atoms. The van der Waals surface area contributed by atoms with Crippen LogP contribution in [0.3, 0.4) is 0 Å². The quantitative estimate of drug-likeness (QED) is 0.685. The first-order valence-electron chi connectivity index (χ1n) is 9.06. The van der Waals surface area contributed by atoms with Gasteiger partial charge in [0.05, 0.1) is 10.8 Å². The molecule has 7 nitrogen and oxygen atoms in total. The monoisotopic (exact) mass is 397 g/mol. The van der Waals surface area contributed by atoms with Crippen LogP contribution in [0.4, 0.5) is 0 Å². The zero-order valence-corrected chi connectivity index (χ0v) is 15.9. The van der Waals surface area contributed by atoms with Crippen LogP contribution in [0.1, 0.15) is 35.8 Å². The molecule has 3 heterocycles. The van der Waals surface area contributed by atoms with Crippen LogP contribution >= 0.6 is 11.3 Å². The molecule has 1 aromatic carbocycles. The number of fused-ring (bicyclic) bond motifs is 1. The number of carbonyl (C=O) groups is 2. The first-order chi connectivity index (χ1) is 13.6. The van der Waals surface area contributed by atoms with Gasteiger partial charge in [-0.2, -0.15) is 4.98 Å². The molecule has 1 aliphatic rings. The van der Waals surface area contributed by atoms with Gasteiger partial charge in [0.15, 0.2) is 0 Å². The second-order valence-electron chi connectivity index (χ2n) is 6.71. The highest BCUT2D eigenvalue weighted by Crippen LogP contribution is 2.29. The first-order valence-corrected chi connectivity index (χ1v) is 9.94. The van der Waals surface area contributed by atoms with Gasteiger partial charge < -0.3 is 14.5 Å². The number of carboxylic acid groups (broad SMARTS) is 1. The number of hydrogen-bond acceptors (Lipinski definition) is 6. The molecule has 0 saturated heterocycles. The number of benzene rings is 1. The van der Waals surface area contributed by atoms with E-state index in [1.165, 1.54) is 0 Å². The Balaban J connectivity index is 1.35. The highest BCUT2D eigenvalue weighted by atomic mass is 32.1. The molecule has 1 amide bonds. The van der Waals surface area contributed by atoms with Gasteiger partial charge in [0.1, 0.15) is 0 Å². The van der Waals surface area contributed by atoms with Crippen LogP contribution in [-0.4, -0.2) is 38.6 Å². The fourth-order valence-corrected chi connectivity index (χ4v) is 4.07. The summed E-state index contributed by atoms with van der Waals surface area (Å²) in [5.41, 5.74) is 1.69. The van der Waals surface area contributed by atoms with Gasteiger partial charge in [0.2, 0.25) is 17.6 Å². The molecular weight excluding hydrogens is 378 g/mol. The summed E-state index contributed by atoms with van der Waals surface area (Å²) in [5, 5.41) is 15.4. The topological polar surface area (TPSA) is 96.5 Å². The summed E-state index contributed by atoms with van der Waals surface area (Å²) < 4.78 is 5.25. The van der Waals surface area contributed by atoms with Crippen LogP contribution in [0.2, 0.25) is 0 Å². The van der Waals surface area contributed by atoms with E-state index in [-0.39, 0.29) is 12.5 Å². The summed E-state index contributed by atoms with van der Waals surface area (Å²) in [4.78, 5) is 31.2. The minimum atomic E-state index is -0.906. The van der Waals surface area contributed by atoms with Crippen molar-refractivity contribution in [2.24, 2.45) is 0 Å². The standard InChI is InChI=1S/C20H19N3O4S/c24-18(9-3-8-17-21-19(22-27-17)16-7-4-10-28-16)23-11-13-5-1-2-6-14(13)15(12-23)20(25)26/h1-2,4-7,10,15H,3,8-9,11-12H2,(H,25,26). The van der Waals surface area contributed by atoms with Crippen LogP contribution < -0.4 is 0 Å². The molecule has 1 atom stereocenters. The number of aryl methyl sites for hydroxylation is 1. The lowest BCUT2D eigenvalue weighted by molar-refractivity contribution is -0.141. The molecule has 1 N–H and O–H groups in total. The van der Waals surface area contributed by atoms with Gasteiger partial charge in [-0.15, -0.1) is 11.3 Å². The van der Waals surface area contributed by atoms with Crippen LogP contribution in [0.25, 0.3) is 10.7 Å². The number of nitrogens with zero attached hydrogens (tertiary/aromatic N) is 3. The lowest BCUT2D eigenvalue weighted by Gasteiger charge is -2.32. The molecule has 1 aliphatic heterocycles. The minimum absolute atomic E-state index is 0.0567. The van der Waals surface area contributed by atoms with Crippen molar-refractivity contribution in [3.63, 3.8) is 0 Å². The van der Waals surface area contributed by atoms with E-state index in [0.29, 0.717) is 37.5 Å². The molecule has 8 heteroatoms. The Morgan fingerprint density at radius 1 is 1.25 bits per heavy atom. The third-order valence-corrected chi connectivity index (χ3v) is 5.70. The van der Waals surface area contributed by atoms with E-state index in [1.807, 2.05) is 41.8 Å². The van der Waals surface area contributed by atoms with Crippen LogP contribution in [0.5, 0.6) is 0 Å². The maximum absolute atomic E-state index is 12.6. The van der Waals surface area contributed by atoms with Gasteiger partial charge >= 0.3 is 5.97 Å². The highest BCUT2D eigenvalue weighted by molar-refractivity contribution is 7.13. The van der Waals surface area contributed by atoms with E-state index in [0.717, 1.165) is 16.0 Å². The number of carboxylic acids is 1. The van der Waals surface area contributed by atoms with Crippen molar-refractivity contribution < 1.29 is 19.2 Å². The van der Waals surface area contributed by atoms with Crippen molar-refractivity contribution in [3.8, 4) is 10.7 Å². The Labute approximate surface area is 165 Å². The molecule has 0 saturated carbocycles. The zero-order chi connectivity index (χ0) is 19.5. The average molecular weight is 397 g/mol. The molecule has 1 unspecified atom stereocenters. The van der Waals surface area contributed by atoms with E-state index in [2.05, 4.69) is 10.1 Å². The molecule has 2 aromatic heterocycles. The number of aromatic nitrogens is 2. The Kier molecular flexibility index (Phi) is 5.21. The lowest BCUT2D eigenvalue weighted by Crippen LogP contribution is -2.40. The van der Waals surface area contributed by atoms with Gasteiger partial charge in [0, 0.05) is 25.9 Å². The Hall–Kier alpha value is -3.00. The van der Waals surface area contributed by atoms with Crippen molar-refractivity contribution in [2.75, 3.05) is 6.54 Å². The predicted molar refractivity (Wildman–Crippen MR) is 103 cm³/mol. The van der Waals surface area contributed by atoms with Gasteiger partial charge in [-0.25, -0.2) is 0 Å². The molecule has 4 rings (SSSR count). The summed E-state index contributed by atoms with van der Waals surface area (Å²) in [7, 11) is 0. The fourth-order valence-electron chi connectivity index (χ4n) is 3.42. The Morgan fingerprint density at radius 3 is 2.89 bits per heavy atom. The molecule has 3 aromatic rings. The van der Waals surface area contributed by atoms with E-state index in [1.54, 1.807) is 16.2 Å². The van der Waals surface area contributed by atoms with Crippen LogP contribution in [0.15, 0.2) is 46.3 Å². The van der Waals surface area contributed by atoms with Crippen LogP contribution in [-0.2, 0) is 22.6 Å². The third kappa shape index (κ3) is 3.82.